The van der Waals surface area contributed by atoms with Gasteiger partial charge in [0.15, 0.2) is 11.4 Å². The van der Waals surface area contributed by atoms with E-state index in [-0.39, 0.29) is 28.8 Å². The highest BCUT2D eigenvalue weighted by Gasteiger charge is 2.37. The zero-order chi connectivity index (χ0) is 26.6. The van der Waals surface area contributed by atoms with Crippen molar-refractivity contribution in [3.63, 3.8) is 0 Å². The summed E-state index contributed by atoms with van der Waals surface area (Å²) < 4.78 is 0. The van der Waals surface area contributed by atoms with Crippen LogP contribution in [0.15, 0.2) is 48.8 Å². The zero-order valence-electron chi connectivity index (χ0n) is 21.4. The Morgan fingerprint density at radius 2 is 1.70 bits per heavy atom. The summed E-state index contributed by atoms with van der Waals surface area (Å²) in [6, 6.07) is 9.85. The molecule has 1 unspecified atom stereocenters. The Labute approximate surface area is 216 Å². The largest absolute Gasteiger partial charge is 0.364 e. The molecule has 0 saturated heterocycles. The van der Waals surface area contributed by atoms with Crippen molar-refractivity contribution >= 4 is 23.4 Å². The van der Waals surface area contributed by atoms with Crippen LogP contribution in [-0.2, 0) is 10.2 Å². The molecule has 0 aliphatic heterocycles. The van der Waals surface area contributed by atoms with Crippen molar-refractivity contribution in [1.82, 2.24) is 25.7 Å². The van der Waals surface area contributed by atoms with Crippen LogP contribution in [-0.4, -0.2) is 44.2 Å². The number of benzene rings is 1. The number of aromatic nitrogens is 4. The molecule has 0 spiro atoms. The summed E-state index contributed by atoms with van der Waals surface area (Å²) in [6.07, 6.45) is 8.16. The Balaban J connectivity index is 1.83. The van der Waals surface area contributed by atoms with Crippen molar-refractivity contribution < 1.29 is 14.4 Å². The van der Waals surface area contributed by atoms with Gasteiger partial charge in [0.1, 0.15) is 6.04 Å². The maximum Gasteiger partial charge on any atom is 0.282 e. The minimum Gasteiger partial charge on any atom is -0.364 e. The first-order valence-corrected chi connectivity index (χ1v) is 12.5. The number of anilines is 1. The van der Waals surface area contributed by atoms with Crippen LogP contribution < -0.4 is 16.0 Å². The third kappa shape index (κ3) is 5.84. The number of aromatic amines is 1. The molecule has 10 nitrogen and oxygen atoms in total. The maximum absolute atomic E-state index is 14.0. The van der Waals surface area contributed by atoms with E-state index in [2.05, 4.69) is 46.5 Å². The Morgan fingerprint density at radius 1 is 1.03 bits per heavy atom. The SMILES string of the molecule is CC(C)(C)c1ccc(N(C(=O)c2n[nH]nc2C(N)=O)C(C(=O)NC2CCCCC2)c2cccnc2)cc1. The number of hydrogen-bond acceptors (Lipinski definition) is 6. The third-order valence-corrected chi connectivity index (χ3v) is 6.67. The number of pyridine rings is 1. The third-order valence-electron chi connectivity index (χ3n) is 6.67. The number of rotatable bonds is 7. The summed E-state index contributed by atoms with van der Waals surface area (Å²) in [5, 5.41) is 13.1. The van der Waals surface area contributed by atoms with E-state index in [9.17, 15) is 14.4 Å². The van der Waals surface area contributed by atoms with Gasteiger partial charge in [0.2, 0.25) is 5.91 Å². The van der Waals surface area contributed by atoms with Crippen LogP contribution in [0.4, 0.5) is 5.69 Å². The summed E-state index contributed by atoms with van der Waals surface area (Å²) in [4.78, 5) is 45.4. The normalized spacial score (nSPS) is 15.1. The van der Waals surface area contributed by atoms with Gasteiger partial charge in [0.25, 0.3) is 11.8 Å². The molecule has 1 aromatic carbocycles. The molecule has 4 N–H and O–H groups in total. The molecule has 4 rings (SSSR count). The highest BCUT2D eigenvalue weighted by atomic mass is 16.2. The van der Waals surface area contributed by atoms with Gasteiger partial charge in [-0.25, -0.2) is 0 Å². The molecule has 2 heterocycles. The molecule has 37 heavy (non-hydrogen) atoms. The highest BCUT2D eigenvalue weighted by Crippen LogP contribution is 2.32. The number of primary amides is 1. The van der Waals surface area contributed by atoms with Crippen LogP contribution in [0.5, 0.6) is 0 Å². The molecule has 1 atom stereocenters. The van der Waals surface area contributed by atoms with E-state index in [0.717, 1.165) is 37.7 Å². The molecule has 1 saturated carbocycles. The van der Waals surface area contributed by atoms with Crippen LogP contribution in [0, 0.1) is 0 Å². The predicted octanol–water partition coefficient (Wildman–Crippen LogP) is 3.43. The first-order chi connectivity index (χ1) is 17.7. The van der Waals surface area contributed by atoms with Crippen LogP contribution >= 0.6 is 0 Å². The summed E-state index contributed by atoms with van der Waals surface area (Å²) >= 11 is 0. The van der Waals surface area contributed by atoms with Crippen LogP contribution in [0.1, 0.15) is 91.0 Å². The number of H-pyrrole nitrogens is 1. The van der Waals surface area contributed by atoms with Crippen molar-refractivity contribution in [2.45, 2.75) is 70.4 Å². The molecule has 0 bridgehead atoms. The number of nitrogens with one attached hydrogen (secondary N) is 2. The molecular formula is C27H33N7O3. The molecule has 1 aliphatic carbocycles. The van der Waals surface area contributed by atoms with E-state index in [1.807, 2.05) is 12.1 Å². The first-order valence-electron chi connectivity index (χ1n) is 12.5. The van der Waals surface area contributed by atoms with E-state index in [1.165, 1.54) is 4.90 Å². The molecule has 3 aromatic rings. The molecular weight excluding hydrogens is 470 g/mol. The van der Waals surface area contributed by atoms with Gasteiger partial charge in [-0.2, -0.15) is 5.21 Å². The molecule has 2 aromatic heterocycles. The fourth-order valence-corrected chi connectivity index (χ4v) is 4.65. The van der Waals surface area contributed by atoms with Gasteiger partial charge in [-0.1, -0.05) is 58.2 Å². The van der Waals surface area contributed by atoms with E-state index < -0.39 is 17.9 Å². The molecule has 194 valence electrons. The monoisotopic (exact) mass is 503 g/mol. The number of hydrogen-bond donors (Lipinski definition) is 3. The molecule has 0 radical (unpaired) electrons. The number of carbonyl (C=O) groups is 3. The van der Waals surface area contributed by atoms with Gasteiger partial charge in [0, 0.05) is 29.7 Å². The van der Waals surface area contributed by atoms with Gasteiger partial charge in [-0.15, -0.1) is 10.2 Å². The molecule has 10 heteroatoms. The van der Waals surface area contributed by atoms with E-state index >= 15 is 0 Å². The average Bonchev–Trinajstić information content (AvgIpc) is 3.38. The lowest BCUT2D eigenvalue weighted by Crippen LogP contribution is -2.47. The fraction of sp³-hybridized carbons (Fsp3) is 0.407. The Morgan fingerprint density at radius 3 is 2.30 bits per heavy atom. The Kier molecular flexibility index (Phi) is 7.66. The minimum absolute atomic E-state index is 0.0221. The lowest BCUT2D eigenvalue weighted by Gasteiger charge is -2.33. The second kappa shape index (κ2) is 10.9. The second-order valence-electron chi connectivity index (χ2n) is 10.4. The first kappa shape index (κ1) is 26.0. The maximum atomic E-state index is 14.0. The van der Waals surface area contributed by atoms with E-state index in [1.54, 1.807) is 36.7 Å². The summed E-state index contributed by atoms with van der Waals surface area (Å²) in [6.45, 7) is 6.28. The van der Waals surface area contributed by atoms with Crippen molar-refractivity contribution in [2.75, 3.05) is 4.90 Å². The lowest BCUT2D eigenvalue weighted by atomic mass is 9.87. The standard InChI is InChI=1S/C27H33N7O3/c1-27(2,3)18-11-13-20(14-12-18)34(26(37)22-21(24(28)35)31-33-32-22)23(17-8-7-15-29-16-17)25(36)30-19-9-5-4-6-10-19/h7-8,11-16,19,23H,4-6,9-10H2,1-3H3,(H2,28,35)(H,30,36)(H,31,32,33). The predicted molar refractivity (Wildman–Crippen MR) is 139 cm³/mol. The van der Waals surface area contributed by atoms with Crippen LogP contribution in [0.2, 0.25) is 0 Å². The topological polar surface area (TPSA) is 147 Å². The fourth-order valence-electron chi connectivity index (χ4n) is 4.65. The quantitative estimate of drug-likeness (QED) is 0.450. The van der Waals surface area contributed by atoms with Crippen molar-refractivity contribution in [2.24, 2.45) is 5.73 Å². The van der Waals surface area contributed by atoms with Gasteiger partial charge in [0.05, 0.1) is 0 Å². The van der Waals surface area contributed by atoms with Crippen molar-refractivity contribution in [1.29, 1.82) is 0 Å². The lowest BCUT2D eigenvalue weighted by molar-refractivity contribution is -0.123. The minimum atomic E-state index is -1.07. The highest BCUT2D eigenvalue weighted by molar-refractivity contribution is 6.13. The van der Waals surface area contributed by atoms with Crippen LogP contribution in [0.3, 0.4) is 0 Å². The molecule has 1 aliphatic rings. The second-order valence-corrected chi connectivity index (χ2v) is 10.4. The molecule has 1 fully saturated rings. The van der Waals surface area contributed by atoms with Crippen LogP contribution in [0.25, 0.3) is 0 Å². The van der Waals surface area contributed by atoms with E-state index in [0.29, 0.717) is 11.3 Å². The number of nitrogens with two attached hydrogens (primary N) is 1. The summed E-state index contributed by atoms with van der Waals surface area (Å²) in [5.74, 6) is -1.92. The molecule has 3 amide bonds. The van der Waals surface area contributed by atoms with Gasteiger partial charge in [-0.05, 0) is 42.0 Å². The Bertz CT molecular complexity index is 1240. The van der Waals surface area contributed by atoms with Crippen molar-refractivity contribution in [3.8, 4) is 0 Å². The van der Waals surface area contributed by atoms with E-state index in [4.69, 9.17) is 5.73 Å². The zero-order valence-corrected chi connectivity index (χ0v) is 21.4. The van der Waals surface area contributed by atoms with Gasteiger partial charge in [-0.3, -0.25) is 24.3 Å². The number of nitrogens with zero attached hydrogens (tertiary/aromatic N) is 4. The van der Waals surface area contributed by atoms with Crippen molar-refractivity contribution in [3.05, 3.63) is 71.3 Å². The van der Waals surface area contributed by atoms with Gasteiger partial charge >= 0.3 is 0 Å². The average molecular weight is 504 g/mol. The summed E-state index contributed by atoms with van der Waals surface area (Å²) in [5.41, 5.74) is 6.84. The summed E-state index contributed by atoms with van der Waals surface area (Å²) in [7, 11) is 0. The van der Waals surface area contributed by atoms with Gasteiger partial charge < -0.3 is 11.1 Å². The number of amides is 3. The number of carbonyl (C=O) groups excluding carboxylic acids is 3. The Hall–Kier alpha value is -4.08. The smallest absolute Gasteiger partial charge is 0.282 e.